The van der Waals surface area contributed by atoms with Crippen LogP contribution in [-0.4, -0.2) is 40.6 Å². The SMILES string of the molecule is CC/C=C\C/C=C\C/C=C\C/C=C\C/C=C\CCSC(CC)(CC)C(=O)NCCOC(=O)c1ccccc1O. The molecular weight excluding hydrogens is 506 g/mol. The van der Waals surface area contributed by atoms with Crippen LogP contribution in [0.1, 0.15) is 82.5 Å². The topological polar surface area (TPSA) is 75.6 Å². The number of carbonyl (C=O) groups is 2. The average Bonchev–Trinajstić information content (AvgIpc) is 2.95. The van der Waals surface area contributed by atoms with Crippen molar-refractivity contribution in [2.75, 3.05) is 18.9 Å². The van der Waals surface area contributed by atoms with Gasteiger partial charge in [0.2, 0.25) is 5.91 Å². The highest BCUT2D eigenvalue weighted by Gasteiger charge is 2.34. The quantitative estimate of drug-likeness (QED) is 0.0969. The molecule has 5 nitrogen and oxygen atoms in total. The van der Waals surface area contributed by atoms with Gasteiger partial charge in [-0.1, -0.05) is 93.7 Å². The van der Waals surface area contributed by atoms with Crippen LogP contribution in [0.2, 0.25) is 0 Å². The van der Waals surface area contributed by atoms with Gasteiger partial charge in [0.25, 0.3) is 0 Å². The van der Waals surface area contributed by atoms with Crippen LogP contribution >= 0.6 is 11.8 Å². The second-order valence-electron chi connectivity index (χ2n) is 8.96. The van der Waals surface area contributed by atoms with E-state index in [1.807, 2.05) is 13.8 Å². The Morgan fingerprint density at radius 2 is 1.38 bits per heavy atom. The summed E-state index contributed by atoms with van der Waals surface area (Å²) < 4.78 is 4.70. The zero-order valence-corrected chi connectivity index (χ0v) is 24.8. The van der Waals surface area contributed by atoms with Crippen molar-refractivity contribution in [2.45, 2.75) is 76.9 Å². The van der Waals surface area contributed by atoms with Crippen LogP contribution in [-0.2, 0) is 9.53 Å². The third-order valence-electron chi connectivity index (χ3n) is 6.12. The first kappa shape index (κ1) is 34.0. The van der Waals surface area contributed by atoms with Gasteiger partial charge in [-0.15, -0.1) is 11.8 Å². The number of esters is 1. The fraction of sp³-hybridized carbons (Fsp3) is 0.455. The molecule has 0 unspecified atom stereocenters. The lowest BCUT2D eigenvalue weighted by molar-refractivity contribution is -0.123. The van der Waals surface area contributed by atoms with Crippen molar-refractivity contribution >= 4 is 23.6 Å². The van der Waals surface area contributed by atoms with Crippen molar-refractivity contribution in [3.63, 3.8) is 0 Å². The molecule has 0 saturated carbocycles. The molecule has 1 aromatic carbocycles. The molecule has 0 aliphatic rings. The summed E-state index contributed by atoms with van der Waals surface area (Å²) in [5.41, 5.74) is 0.117. The van der Waals surface area contributed by atoms with Crippen LogP contribution in [0.3, 0.4) is 0 Å². The Labute approximate surface area is 240 Å². The van der Waals surface area contributed by atoms with E-state index in [2.05, 4.69) is 73.0 Å². The van der Waals surface area contributed by atoms with E-state index in [9.17, 15) is 14.7 Å². The summed E-state index contributed by atoms with van der Waals surface area (Å²) in [5, 5.41) is 12.7. The minimum Gasteiger partial charge on any atom is -0.507 e. The maximum atomic E-state index is 12.9. The summed E-state index contributed by atoms with van der Waals surface area (Å²) in [6, 6.07) is 6.24. The molecule has 6 heteroatoms. The fourth-order valence-corrected chi connectivity index (χ4v) is 4.98. The Morgan fingerprint density at radius 1 is 0.846 bits per heavy atom. The number of para-hydroxylation sites is 1. The standard InChI is InChI=1S/C33H47NO4S/c1-4-7-8-9-10-11-12-13-14-15-16-17-18-19-20-23-28-39-33(5-2,6-3)32(37)34-26-27-38-31(36)29-24-21-22-25-30(29)35/h7-8,10-11,13-14,16-17,19-22,24-25,35H,4-6,9,12,15,18,23,26-28H2,1-3H3,(H,34,37)/b8-7-,11-10-,14-13-,17-16-,20-19-. The molecule has 1 aromatic rings. The first-order chi connectivity index (χ1) is 19.0. The van der Waals surface area contributed by atoms with Gasteiger partial charge in [0.15, 0.2) is 0 Å². The predicted molar refractivity (Wildman–Crippen MR) is 166 cm³/mol. The second kappa shape index (κ2) is 21.9. The van der Waals surface area contributed by atoms with Crippen LogP contribution in [0.25, 0.3) is 0 Å². The monoisotopic (exact) mass is 553 g/mol. The minimum absolute atomic E-state index is 0.0279. The van der Waals surface area contributed by atoms with Crippen LogP contribution in [0.5, 0.6) is 5.75 Å². The highest BCUT2D eigenvalue weighted by Crippen LogP contribution is 2.33. The van der Waals surface area contributed by atoms with Crippen molar-refractivity contribution in [2.24, 2.45) is 0 Å². The van der Waals surface area contributed by atoms with Gasteiger partial charge >= 0.3 is 5.97 Å². The molecule has 0 spiro atoms. The summed E-state index contributed by atoms with van der Waals surface area (Å²) in [6.45, 7) is 6.49. The van der Waals surface area contributed by atoms with E-state index in [1.165, 1.54) is 12.1 Å². The average molecular weight is 554 g/mol. The summed E-state index contributed by atoms with van der Waals surface area (Å²) in [4.78, 5) is 25.0. The Kier molecular flexibility index (Phi) is 19.1. The van der Waals surface area contributed by atoms with Crippen LogP contribution in [0.4, 0.5) is 0 Å². The molecule has 0 aromatic heterocycles. The highest BCUT2D eigenvalue weighted by atomic mass is 32.2. The molecule has 1 amide bonds. The first-order valence-electron chi connectivity index (χ1n) is 14.1. The van der Waals surface area contributed by atoms with E-state index in [0.717, 1.165) is 57.1 Å². The van der Waals surface area contributed by atoms with Crippen LogP contribution in [0, 0.1) is 0 Å². The number of carbonyl (C=O) groups excluding carboxylic acids is 2. The lowest BCUT2D eigenvalue weighted by Gasteiger charge is -2.29. The zero-order chi connectivity index (χ0) is 28.6. The van der Waals surface area contributed by atoms with Crippen LogP contribution in [0.15, 0.2) is 85.0 Å². The Bertz CT molecular complexity index is 974. The summed E-state index contributed by atoms with van der Waals surface area (Å²) in [5.74, 6) is 0.111. The number of rotatable bonds is 20. The Balaban J connectivity index is 2.26. The maximum absolute atomic E-state index is 12.9. The minimum atomic E-state index is -0.606. The molecule has 0 bridgehead atoms. The van der Waals surface area contributed by atoms with Crippen molar-refractivity contribution in [3.05, 3.63) is 90.6 Å². The third-order valence-corrected chi connectivity index (χ3v) is 7.88. The van der Waals surface area contributed by atoms with Gasteiger partial charge in [-0.2, -0.15) is 0 Å². The Morgan fingerprint density at radius 3 is 1.92 bits per heavy atom. The zero-order valence-electron chi connectivity index (χ0n) is 23.9. The number of phenols is 1. The summed E-state index contributed by atoms with van der Waals surface area (Å²) >= 11 is 1.69. The number of ether oxygens (including phenoxy) is 1. The van der Waals surface area contributed by atoms with Gasteiger partial charge in [-0.05, 0) is 69.3 Å². The first-order valence-corrected chi connectivity index (χ1v) is 15.1. The fourth-order valence-electron chi connectivity index (χ4n) is 3.73. The number of benzene rings is 1. The molecule has 0 aliphatic carbocycles. The van der Waals surface area contributed by atoms with E-state index in [-0.39, 0.29) is 30.4 Å². The van der Waals surface area contributed by atoms with Crippen molar-refractivity contribution in [1.82, 2.24) is 5.32 Å². The number of allylic oxidation sites excluding steroid dienone is 10. The number of amides is 1. The molecule has 0 saturated heterocycles. The molecule has 0 fully saturated rings. The molecule has 0 heterocycles. The molecule has 214 valence electrons. The normalized spacial score (nSPS) is 12.5. The van der Waals surface area contributed by atoms with Crippen molar-refractivity contribution < 1.29 is 19.4 Å². The largest absolute Gasteiger partial charge is 0.507 e. The van der Waals surface area contributed by atoms with E-state index in [4.69, 9.17) is 4.74 Å². The van der Waals surface area contributed by atoms with Gasteiger partial charge in [-0.3, -0.25) is 4.79 Å². The predicted octanol–water partition coefficient (Wildman–Crippen LogP) is 8.10. The number of nitrogens with one attached hydrogen (secondary N) is 1. The number of hydrogen-bond acceptors (Lipinski definition) is 5. The van der Waals surface area contributed by atoms with Gasteiger partial charge in [0.1, 0.15) is 17.9 Å². The maximum Gasteiger partial charge on any atom is 0.341 e. The smallest absolute Gasteiger partial charge is 0.341 e. The van der Waals surface area contributed by atoms with Gasteiger partial charge in [0.05, 0.1) is 11.3 Å². The lowest BCUT2D eigenvalue weighted by Crippen LogP contribution is -2.45. The summed E-state index contributed by atoms with van der Waals surface area (Å²) in [7, 11) is 0. The number of phenolic OH excluding ortho intramolecular Hbond substituents is 1. The molecule has 0 radical (unpaired) electrons. The van der Waals surface area contributed by atoms with Gasteiger partial charge in [-0.25, -0.2) is 4.79 Å². The molecule has 1 rings (SSSR count). The molecule has 0 aliphatic heterocycles. The molecular formula is C33H47NO4S. The van der Waals surface area contributed by atoms with Crippen molar-refractivity contribution in [1.29, 1.82) is 0 Å². The molecule has 0 atom stereocenters. The van der Waals surface area contributed by atoms with E-state index >= 15 is 0 Å². The third kappa shape index (κ3) is 14.7. The van der Waals surface area contributed by atoms with E-state index < -0.39 is 10.7 Å². The highest BCUT2D eigenvalue weighted by molar-refractivity contribution is 8.01. The van der Waals surface area contributed by atoms with Crippen LogP contribution < -0.4 is 5.32 Å². The van der Waals surface area contributed by atoms with Crippen molar-refractivity contribution in [3.8, 4) is 5.75 Å². The Hall–Kier alpha value is -2.99. The van der Waals surface area contributed by atoms with E-state index in [1.54, 1.807) is 23.9 Å². The van der Waals surface area contributed by atoms with Gasteiger partial charge < -0.3 is 15.2 Å². The molecule has 2 N–H and O–H groups in total. The summed E-state index contributed by atoms with van der Waals surface area (Å²) in [6.07, 6.45) is 29.2. The van der Waals surface area contributed by atoms with Gasteiger partial charge in [0, 0.05) is 0 Å². The number of hydrogen-bond donors (Lipinski definition) is 2. The number of thioether (sulfide) groups is 1. The molecule has 39 heavy (non-hydrogen) atoms. The lowest BCUT2D eigenvalue weighted by atomic mass is 10.0. The second-order valence-corrected chi connectivity index (χ2v) is 10.4. The van der Waals surface area contributed by atoms with E-state index in [0.29, 0.717) is 0 Å². The number of aromatic hydroxyl groups is 1.